The number of aryl methyl sites for hydroxylation is 1. The van der Waals surface area contributed by atoms with Crippen LogP contribution in [0, 0.1) is 0 Å². The molecule has 0 atom stereocenters. The number of nitrogens with zero attached hydrogens (tertiary/aromatic N) is 2. The van der Waals surface area contributed by atoms with Crippen LogP contribution in [0.25, 0.3) is 10.7 Å². The van der Waals surface area contributed by atoms with Crippen molar-refractivity contribution >= 4 is 29.7 Å². The number of hydrogen-bond donors (Lipinski definition) is 2. The van der Waals surface area contributed by atoms with Crippen LogP contribution >= 0.6 is 23.7 Å². The highest BCUT2D eigenvalue weighted by molar-refractivity contribution is 7.13. The molecule has 0 unspecified atom stereocenters. The van der Waals surface area contributed by atoms with E-state index in [1.165, 1.54) is 0 Å². The number of carbonyl (C=O) groups is 1. The monoisotopic (exact) mass is 330 g/mol. The van der Waals surface area contributed by atoms with Gasteiger partial charge in [-0.05, 0) is 31.5 Å². The smallest absolute Gasteiger partial charge is 0.227 e. The van der Waals surface area contributed by atoms with Gasteiger partial charge in [0, 0.05) is 19.4 Å². The standard InChI is InChI=1S/C13H18N4O2S.ClH/c1-14-7-3-8-15-11(18)5-6-12-16-13(17-19-12)10-4-2-9-20-10;/h2,4,9,14H,3,5-8H2,1H3,(H,15,18);1H. The minimum absolute atomic E-state index is 0. The summed E-state index contributed by atoms with van der Waals surface area (Å²) in [4.78, 5) is 16.8. The van der Waals surface area contributed by atoms with Gasteiger partial charge in [0.05, 0.1) is 4.88 Å². The molecule has 0 aliphatic rings. The topological polar surface area (TPSA) is 80.0 Å². The van der Waals surface area contributed by atoms with Crippen molar-refractivity contribution < 1.29 is 9.32 Å². The van der Waals surface area contributed by atoms with Gasteiger partial charge in [0.25, 0.3) is 0 Å². The molecule has 0 aromatic carbocycles. The molecule has 0 fully saturated rings. The Kier molecular flexibility index (Phi) is 7.96. The Morgan fingerprint density at radius 3 is 3.00 bits per heavy atom. The van der Waals surface area contributed by atoms with Crippen LogP contribution in [0.4, 0.5) is 0 Å². The molecular formula is C13H19ClN4O2S. The van der Waals surface area contributed by atoms with E-state index >= 15 is 0 Å². The van der Waals surface area contributed by atoms with Crippen molar-refractivity contribution in [1.29, 1.82) is 0 Å². The zero-order valence-electron chi connectivity index (χ0n) is 11.8. The maximum absolute atomic E-state index is 11.6. The van der Waals surface area contributed by atoms with Gasteiger partial charge in [-0.15, -0.1) is 23.7 Å². The van der Waals surface area contributed by atoms with Crippen LogP contribution in [0.1, 0.15) is 18.7 Å². The maximum Gasteiger partial charge on any atom is 0.227 e. The molecule has 0 saturated carbocycles. The number of hydrogen-bond acceptors (Lipinski definition) is 6. The van der Waals surface area contributed by atoms with Gasteiger partial charge in [-0.2, -0.15) is 4.98 Å². The zero-order valence-corrected chi connectivity index (χ0v) is 13.4. The van der Waals surface area contributed by atoms with E-state index in [0.717, 1.165) is 17.8 Å². The number of thiophene rings is 1. The van der Waals surface area contributed by atoms with Gasteiger partial charge in [-0.25, -0.2) is 0 Å². The summed E-state index contributed by atoms with van der Waals surface area (Å²) in [7, 11) is 1.89. The van der Waals surface area contributed by atoms with E-state index in [4.69, 9.17) is 4.52 Å². The lowest BCUT2D eigenvalue weighted by atomic mass is 10.3. The van der Waals surface area contributed by atoms with E-state index in [1.54, 1.807) is 11.3 Å². The predicted molar refractivity (Wildman–Crippen MR) is 84.7 cm³/mol. The van der Waals surface area contributed by atoms with Gasteiger partial charge in [0.15, 0.2) is 0 Å². The van der Waals surface area contributed by atoms with E-state index in [2.05, 4.69) is 20.8 Å². The molecule has 0 saturated heterocycles. The van der Waals surface area contributed by atoms with Crippen LogP contribution < -0.4 is 10.6 Å². The second-order valence-electron chi connectivity index (χ2n) is 4.30. The Morgan fingerprint density at radius 1 is 1.43 bits per heavy atom. The highest BCUT2D eigenvalue weighted by Gasteiger charge is 2.10. The lowest BCUT2D eigenvalue weighted by Gasteiger charge is -2.03. The largest absolute Gasteiger partial charge is 0.356 e. The fraction of sp³-hybridized carbons (Fsp3) is 0.462. The van der Waals surface area contributed by atoms with E-state index in [-0.39, 0.29) is 18.3 Å². The van der Waals surface area contributed by atoms with Crippen molar-refractivity contribution in [2.75, 3.05) is 20.1 Å². The predicted octanol–water partition coefficient (Wildman–Crippen LogP) is 1.88. The Bertz CT molecular complexity index is 530. The van der Waals surface area contributed by atoms with Crippen molar-refractivity contribution in [2.24, 2.45) is 0 Å². The third-order valence-corrected chi connectivity index (χ3v) is 3.57. The number of carbonyl (C=O) groups excluding carboxylic acids is 1. The summed E-state index contributed by atoms with van der Waals surface area (Å²) >= 11 is 1.56. The molecule has 2 aromatic heterocycles. The molecule has 2 heterocycles. The number of nitrogens with one attached hydrogen (secondary N) is 2. The summed E-state index contributed by atoms with van der Waals surface area (Å²) in [5, 5.41) is 11.8. The minimum atomic E-state index is 0. The molecule has 0 radical (unpaired) electrons. The summed E-state index contributed by atoms with van der Waals surface area (Å²) < 4.78 is 5.14. The Morgan fingerprint density at radius 2 is 2.29 bits per heavy atom. The van der Waals surface area contributed by atoms with Crippen LogP contribution in [0.3, 0.4) is 0 Å². The summed E-state index contributed by atoms with van der Waals surface area (Å²) in [6.45, 7) is 1.58. The maximum atomic E-state index is 11.6. The Hall–Kier alpha value is -1.44. The quantitative estimate of drug-likeness (QED) is 0.722. The lowest BCUT2D eigenvalue weighted by molar-refractivity contribution is -0.121. The SMILES string of the molecule is CNCCCNC(=O)CCc1nc(-c2cccs2)no1.Cl. The first-order valence-electron chi connectivity index (χ1n) is 6.57. The summed E-state index contributed by atoms with van der Waals surface area (Å²) in [6.07, 6.45) is 1.76. The van der Waals surface area contributed by atoms with E-state index in [9.17, 15) is 4.79 Å². The number of aromatic nitrogens is 2. The summed E-state index contributed by atoms with van der Waals surface area (Å²) in [5.41, 5.74) is 0. The van der Waals surface area contributed by atoms with E-state index in [1.807, 2.05) is 24.6 Å². The van der Waals surface area contributed by atoms with Gasteiger partial charge < -0.3 is 15.2 Å². The number of halogens is 1. The van der Waals surface area contributed by atoms with Gasteiger partial charge in [-0.3, -0.25) is 4.79 Å². The molecule has 2 rings (SSSR count). The fourth-order valence-electron chi connectivity index (χ4n) is 1.66. The van der Waals surface area contributed by atoms with Crippen LogP contribution in [0.15, 0.2) is 22.0 Å². The molecule has 2 aromatic rings. The van der Waals surface area contributed by atoms with Crippen molar-refractivity contribution in [1.82, 2.24) is 20.8 Å². The fourth-order valence-corrected chi connectivity index (χ4v) is 2.31. The second-order valence-corrected chi connectivity index (χ2v) is 5.24. The highest BCUT2D eigenvalue weighted by atomic mass is 35.5. The minimum Gasteiger partial charge on any atom is -0.356 e. The molecule has 21 heavy (non-hydrogen) atoms. The van der Waals surface area contributed by atoms with Gasteiger partial charge in [0.1, 0.15) is 0 Å². The first-order valence-corrected chi connectivity index (χ1v) is 7.45. The van der Waals surface area contributed by atoms with Crippen LogP contribution in [0.2, 0.25) is 0 Å². The molecule has 2 N–H and O–H groups in total. The van der Waals surface area contributed by atoms with Crippen molar-refractivity contribution in [3.05, 3.63) is 23.4 Å². The second kappa shape index (κ2) is 9.49. The van der Waals surface area contributed by atoms with Gasteiger partial charge in [0.2, 0.25) is 17.6 Å². The van der Waals surface area contributed by atoms with Crippen molar-refractivity contribution in [3.63, 3.8) is 0 Å². The van der Waals surface area contributed by atoms with Crippen LogP contribution in [-0.4, -0.2) is 36.2 Å². The highest BCUT2D eigenvalue weighted by Crippen LogP contribution is 2.21. The zero-order chi connectivity index (χ0) is 14.2. The molecule has 0 spiro atoms. The van der Waals surface area contributed by atoms with Gasteiger partial charge in [-0.1, -0.05) is 11.2 Å². The molecule has 0 aliphatic heterocycles. The first-order chi connectivity index (χ1) is 9.79. The van der Waals surface area contributed by atoms with Crippen LogP contribution in [-0.2, 0) is 11.2 Å². The normalized spacial score (nSPS) is 10.1. The molecule has 1 amide bonds. The third kappa shape index (κ3) is 5.82. The summed E-state index contributed by atoms with van der Waals surface area (Å²) in [6, 6.07) is 3.88. The molecule has 116 valence electrons. The molecule has 8 heteroatoms. The molecule has 0 aliphatic carbocycles. The average Bonchev–Trinajstić information content (AvgIpc) is 3.11. The Labute approximate surface area is 133 Å². The third-order valence-electron chi connectivity index (χ3n) is 2.70. The summed E-state index contributed by atoms with van der Waals surface area (Å²) in [5.74, 6) is 1.10. The van der Waals surface area contributed by atoms with Crippen molar-refractivity contribution in [2.45, 2.75) is 19.3 Å². The van der Waals surface area contributed by atoms with E-state index < -0.39 is 0 Å². The van der Waals surface area contributed by atoms with E-state index in [0.29, 0.717) is 31.1 Å². The molecular weight excluding hydrogens is 312 g/mol. The number of amides is 1. The first kappa shape index (κ1) is 17.6. The van der Waals surface area contributed by atoms with Gasteiger partial charge >= 0.3 is 0 Å². The number of rotatable bonds is 8. The molecule has 6 nitrogen and oxygen atoms in total. The average molecular weight is 331 g/mol. The molecule has 0 bridgehead atoms. The Balaban J connectivity index is 0.00000220. The van der Waals surface area contributed by atoms with Crippen LogP contribution in [0.5, 0.6) is 0 Å². The lowest BCUT2D eigenvalue weighted by Crippen LogP contribution is -2.26. The van der Waals surface area contributed by atoms with Crippen molar-refractivity contribution in [3.8, 4) is 10.7 Å².